The number of amides is 1. The number of anilines is 1. The molecule has 1 atom stereocenters. The maximum absolute atomic E-state index is 12.9. The predicted molar refractivity (Wildman–Crippen MR) is 50.0 cm³/mol. The van der Waals surface area contributed by atoms with Crippen molar-refractivity contribution in [3.8, 4) is 0 Å². The zero-order chi connectivity index (χ0) is 11.0. The Morgan fingerprint density at radius 2 is 2.27 bits per heavy atom. The van der Waals surface area contributed by atoms with Crippen LogP contribution in [0.4, 0.5) is 10.1 Å². The molecule has 1 aromatic rings. The molecule has 1 unspecified atom stereocenters. The van der Waals surface area contributed by atoms with E-state index in [0.717, 1.165) is 6.07 Å². The van der Waals surface area contributed by atoms with Crippen LogP contribution < -0.4 is 5.32 Å². The van der Waals surface area contributed by atoms with Gasteiger partial charge in [-0.05, 0) is 17.7 Å². The van der Waals surface area contributed by atoms with Crippen LogP contribution in [0.2, 0.25) is 0 Å². The van der Waals surface area contributed by atoms with Gasteiger partial charge in [0.05, 0.1) is 5.92 Å². The van der Waals surface area contributed by atoms with E-state index in [9.17, 15) is 14.0 Å². The number of carboxylic acids is 1. The van der Waals surface area contributed by atoms with Crippen LogP contribution >= 0.6 is 0 Å². The van der Waals surface area contributed by atoms with Gasteiger partial charge in [-0.2, -0.15) is 0 Å². The van der Waals surface area contributed by atoms with E-state index in [1.165, 1.54) is 12.1 Å². The quantitative estimate of drug-likeness (QED) is 0.733. The second kappa shape index (κ2) is 3.34. The van der Waals surface area contributed by atoms with Crippen molar-refractivity contribution in [1.29, 1.82) is 0 Å². The lowest BCUT2D eigenvalue weighted by atomic mass is 9.91. The van der Waals surface area contributed by atoms with E-state index in [0.29, 0.717) is 5.56 Å². The minimum absolute atomic E-state index is 0.103. The second-order valence-electron chi connectivity index (χ2n) is 3.37. The summed E-state index contributed by atoms with van der Waals surface area (Å²) in [7, 11) is 0. The van der Waals surface area contributed by atoms with Gasteiger partial charge < -0.3 is 10.4 Å². The highest BCUT2D eigenvalue weighted by atomic mass is 19.1. The molecule has 0 bridgehead atoms. The maximum atomic E-state index is 12.9. The Kier molecular flexibility index (Phi) is 2.15. The molecule has 0 radical (unpaired) electrons. The summed E-state index contributed by atoms with van der Waals surface area (Å²) in [4.78, 5) is 22.0. The minimum atomic E-state index is -1.07. The summed E-state index contributed by atoms with van der Waals surface area (Å²) in [6.45, 7) is 0. The molecule has 15 heavy (non-hydrogen) atoms. The summed E-state index contributed by atoms with van der Waals surface area (Å²) < 4.78 is 12.9. The fraction of sp³-hybridized carbons (Fsp3) is 0.200. The fourth-order valence-electron chi connectivity index (χ4n) is 1.66. The number of carboxylic acid groups (broad SMARTS) is 1. The van der Waals surface area contributed by atoms with Gasteiger partial charge in [0.1, 0.15) is 5.82 Å². The summed E-state index contributed by atoms with van der Waals surface area (Å²) in [5, 5.41) is 11.3. The van der Waals surface area contributed by atoms with Crippen LogP contribution in [0.15, 0.2) is 18.2 Å². The molecule has 1 aliphatic heterocycles. The summed E-state index contributed by atoms with van der Waals surface area (Å²) in [5.41, 5.74) is 0.696. The first kappa shape index (κ1) is 9.64. The van der Waals surface area contributed by atoms with Crippen molar-refractivity contribution in [2.45, 2.75) is 12.3 Å². The lowest BCUT2D eigenvalue weighted by molar-refractivity contribution is -0.140. The fourth-order valence-corrected chi connectivity index (χ4v) is 1.66. The van der Waals surface area contributed by atoms with E-state index >= 15 is 0 Å². The molecule has 0 saturated carbocycles. The van der Waals surface area contributed by atoms with E-state index < -0.39 is 23.6 Å². The summed E-state index contributed by atoms with van der Waals surface area (Å²) in [6.07, 6.45) is -0.103. The molecule has 1 aromatic carbocycles. The molecule has 1 heterocycles. The number of aliphatic carboxylic acids is 1. The molecule has 78 valence electrons. The highest BCUT2D eigenvalue weighted by Crippen LogP contribution is 2.32. The van der Waals surface area contributed by atoms with Crippen molar-refractivity contribution in [3.63, 3.8) is 0 Å². The van der Waals surface area contributed by atoms with Crippen LogP contribution in [0.5, 0.6) is 0 Å². The second-order valence-corrected chi connectivity index (χ2v) is 3.37. The van der Waals surface area contributed by atoms with Crippen molar-refractivity contribution in [3.05, 3.63) is 29.6 Å². The molecule has 0 saturated heterocycles. The number of carbonyl (C=O) groups excluding carboxylic acids is 1. The minimum Gasteiger partial charge on any atom is -0.481 e. The number of carbonyl (C=O) groups is 2. The summed E-state index contributed by atoms with van der Waals surface area (Å²) in [6, 6.07) is 3.71. The summed E-state index contributed by atoms with van der Waals surface area (Å²) in [5.74, 6) is -2.85. The van der Waals surface area contributed by atoms with E-state index in [1.807, 2.05) is 0 Å². The Morgan fingerprint density at radius 1 is 1.53 bits per heavy atom. The zero-order valence-electron chi connectivity index (χ0n) is 7.66. The number of rotatable bonds is 1. The Hall–Kier alpha value is -1.91. The largest absolute Gasteiger partial charge is 0.481 e. The standard InChI is InChI=1S/C10H8FNO3/c11-5-1-2-6-7(10(14)15)4-9(13)12-8(6)3-5/h1-3,7H,4H2,(H,12,13)(H,14,15). The molecular weight excluding hydrogens is 201 g/mol. The normalized spacial score (nSPS) is 19.3. The first-order chi connectivity index (χ1) is 7.08. The Balaban J connectivity index is 2.51. The van der Waals surface area contributed by atoms with E-state index in [4.69, 9.17) is 5.11 Å². The van der Waals surface area contributed by atoms with Gasteiger partial charge in [0.15, 0.2) is 0 Å². The highest BCUT2D eigenvalue weighted by molar-refractivity contribution is 5.99. The number of benzene rings is 1. The van der Waals surface area contributed by atoms with Crippen LogP contribution in [0, 0.1) is 5.82 Å². The van der Waals surface area contributed by atoms with Crippen LogP contribution in [-0.4, -0.2) is 17.0 Å². The number of hydrogen-bond donors (Lipinski definition) is 2. The van der Waals surface area contributed by atoms with E-state index in [2.05, 4.69) is 5.32 Å². The molecule has 4 nitrogen and oxygen atoms in total. The number of hydrogen-bond acceptors (Lipinski definition) is 2. The van der Waals surface area contributed by atoms with Crippen LogP contribution in [0.1, 0.15) is 17.9 Å². The number of fused-ring (bicyclic) bond motifs is 1. The van der Waals surface area contributed by atoms with Crippen LogP contribution in [0.25, 0.3) is 0 Å². The maximum Gasteiger partial charge on any atom is 0.311 e. The lowest BCUT2D eigenvalue weighted by Gasteiger charge is -2.22. The van der Waals surface area contributed by atoms with Crippen LogP contribution in [0.3, 0.4) is 0 Å². The molecule has 0 spiro atoms. The van der Waals surface area contributed by atoms with Gasteiger partial charge in [0.25, 0.3) is 0 Å². The first-order valence-corrected chi connectivity index (χ1v) is 4.40. The van der Waals surface area contributed by atoms with Crippen molar-refractivity contribution in [2.24, 2.45) is 0 Å². The molecule has 0 aromatic heterocycles. The third kappa shape index (κ3) is 1.68. The van der Waals surface area contributed by atoms with Gasteiger partial charge in [-0.15, -0.1) is 0 Å². The smallest absolute Gasteiger partial charge is 0.311 e. The van der Waals surface area contributed by atoms with Crippen molar-refractivity contribution < 1.29 is 19.1 Å². The average molecular weight is 209 g/mol. The van der Waals surface area contributed by atoms with Gasteiger partial charge in [0.2, 0.25) is 5.91 Å². The third-order valence-corrected chi connectivity index (χ3v) is 2.35. The lowest BCUT2D eigenvalue weighted by Crippen LogP contribution is -2.27. The van der Waals surface area contributed by atoms with Crippen LogP contribution in [-0.2, 0) is 9.59 Å². The average Bonchev–Trinajstić information content (AvgIpc) is 2.15. The predicted octanol–water partition coefficient (Wildman–Crippen LogP) is 1.34. The molecule has 0 fully saturated rings. The van der Waals surface area contributed by atoms with Crippen molar-refractivity contribution >= 4 is 17.6 Å². The Morgan fingerprint density at radius 3 is 2.93 bits per heavy atom. The van der Waals surface area contributed by atoms with E-state index in [1.54, 1.807) is 0 Å². The topological polar surface area (TPSA) is 66.4 Å². The molecular formula is C10H8FNO3. The molecule has 2 N–H and O–H groups in total. The monoisotopic (exact) mass is 209 g/mol. The van der Waals surface area contributed by atoms with Gasteiger partial charge in [-0.25, -0.2) is 4.39 Å². The van der Waals surface area contributed by atoms with Gasteiger partial charge >= 0.3 is 5.97 Å². The first-order valence-electron chi connectivity index (χ1n) is 4.40. The highest BCUT2D eigenvalue weighted by Gasteiger charge is 2.30. The third-order valence-electron chi connectivity index (χ3n) is 2.35. The van der Waals surface area contributed by atoms with E-state index in [-0.39, 0.29) is 12.1 Å². The van der Waals surface area contributed by atoms with Gasteiger partial charge in [0, 0.05) is 12.1 Å². The van der Waals surface area contributed by atoms with Crippen molar-refractivity contribution in [2.75, 3.05) is 5.32 Å². The molecule has 2 rings (SSSR count). The molecule has 5 heteroatoms. The number of nitrogens with one attached hydrogen (secondary N) is 1. The molecule has 0 aliphatic carbocycles. The zero-order valence-corrected chi connectivity index (χ0v) is 7.66. The van der Waals surface area contributed by atoms with Crippen molar-refractivity contribution in [1.82, 2.24) is 0 Å². The molecule has 1 amide bonds. The van der Waals surface area contributed by atoms with Gasteiger partial charge in [-0.3, -0.25) is 9.59 Å². The summed E-state index contributed by atoms with van der Waals surface area (Å²) >= 11 is 0. The van der Waals surface area contributed by atoms with Gasteiger partial charge in [-0.1, -0.05) is 6.07 Å². The SMILES string of the molecule is O=C1CC(C(=O)O)c2ccc(F)cc2N1. The number of halogens is 1. The Bertz CT molecular complexity index is 444. The Labute approximate surface area is 84.7 Å². The molecule has 1 aliphatic rings.